The molecule has 2 aromatic rings. The van der Waals surface area contributed by atoms with Gasteiger partial charge in [0.15, 0.2) is 11.5 Å². The number of hydrogen-bond acceptors (Lipinski definition) is 5. The van der Waals surface area contributed by atoms with E-state index < -0.39 is 6.10 Å². The van der Waals surface area contributed by atoms with Gasteiger partial charge in [0.1, 0.15) is 0 Å². The van der Waals surface area contributed by atoms with Gasteiger partial charge in [0.25, 0.3) is 0 Å². The van der Waals surface area contributed by atoms with Crippen LogP contribution in [0.15, 0.2) is 35.0 Å². The summed E-state index contributed by atoms with van der Waals surface area (Å²) in [7, 11) is 0. The van der Waals surface area contributed by atoms with Crippen molar-refractivity contribution in [1.82, 2.24) is 5.32 Å². The number of aliphatic hydroxyl groups is 1. The van der Waals surface area contributed by atoms with Crippen molar-refractivity contribution in [3.05, 3.63) is 46.2 Å². The number of phenols is 1. The molecule has 1 aromatic heterocycles. The number of aliphatic hydroxyl groups excluding tert-OH is 1. The van der Waals surface area contributed by atoms with Gasteiger partial charge in [-0.2, -0.15) is 11.3 Å². The van der Waals surface area contributed by atoms with Crippen molar-refractivity contribution in [3.63, 3.8) is 0 Å². The topological polar surface area (TPSA) is 61.7 Å². The zero-order valence-electron chi connectivity index (χ0n) is 11.4. The Morgan fingerprint density at radius 2 is 2.20 bits per heavy atom. The monoisotopic (exact) mass is 293 g/mol. The van der Waals surface area contributed by atoms with E-state index in [0.717, 1.165) is 11.1 Å². The highest BCUT2D eigenvalue weighted by Crippen LogP contribution is 2.29. The molecule has 0 aliphatic rings. The molecule has 0 radical (unpaired) electrons. The van der Waals surface area contributed by atoms with Crippen LogP contribution in [0.3, 0.4) is 0 Å². The highest BCUT2D eigenvalue weighted by atomic mass is 32.1. The minimum Gasteiger partial charge on any atom is -0.504 e. The Morgan fingerprint density at radius 3 is 2.90 bits per heavy atom. The molecule has 0 saturated heterocycles. The summed E-state index contributed by atoms with van der Waals surface area (Å²) < 4.78 is 5.34. The molecule has 20 heavy (non-hydrogen) atoms. The van der Waals surface area contributed by atoms with Gasteiger partial charge in [-0.15, -0.1) is 0 Å². The molecular formula is C15H19NO3S. The molecule has 108 valence electrons. The smallest absolute Gasteiger partial charge is 0.162 e. The number of phenolic OH excluding ortho intramolecular Hbond substituents is 1. The summed E-state index contributed by atoms with van der Waals surface area (Å²) in [5.74, 6) is 0.650. The Labute approximate surface area is 122 Å². The van der Waals surface area contributed by atoms with Gasteiger partial charge < -0.3 is 20.3 Å². The second-order valence-corrected chi connectivity index (χ2v) is 5.18. The molecule has 0 saturated carbocycles. The van der Waals surface area contributed by atoms with E-state index in [2.05, 4.69) is 5.32 Å². The predicted octanol–water partition coefficient (Wildman–Crippen LogP) is 2.68. The normalized spacial score (nSPS) is 12.3. The summed E-state index contributed by atoms with van der Waals surface area (Å²) in [5, 5.41) is 27.0. The van der Waals surface area contributed by atoms with Gasteiger partial charge in [-0.25, -0.2) is 0 Å². The van der Waals surface area contributed by atoms with Crippen LogP contribution in [0.25, 0.3) is 0 Å². The summed E-state index contributed by atoms with van der Waals surface area (Å²) in [5.41, 5.74) is 1.67. The van der Waals surface area contributed by atoms with E-state index in [0.29, 0.717) is 25.4 Å². The SMILES string of the molecule is CCOc1cccc(CNCC(O)c2ccsc2)c1O. The van der Waals surface area contributed by atoms with Crippen LogP contribution < -0.4 is 10.1 Å². The highest BCUT2D eigenvalue weighted by Gasteiger charge is 2.10. The van der Waals surface area contributed by atoms with Crippen molar-refractivity contribution in [2.45, 2.75) is 19.6 Å². The summed E-state index contributed by atoms with van der Waals surface area (Å²) >= 11 is 1.56. The fourth-order valence-corrected chi connectivity index (χ4v) is 2.62. The van der Waals surface area contributed by atoms with E-state index >= 15 is 0 Å². The molecule has 0 aliphatic carbocycles. The fourth-order valence-electron chi connectivity index (χ4n) is 1.91. The lowest BCUT2D eigenvalue weighted by atomic mass is 10.1. The Hall–Kier alpha value is -1.56. The zero-order chi connectivity index (χ0) is 14.4. The number of thiophene rings is 1. The first-order valence-corrected chi connectivity index (χ1v) is 7.51. The Balaban J connectivity index is 1.89. The van der Waals surface area contributed by atoms with Crippen LogP contribution in [-0.2, 0) is 6.54 Å². The van der Waals surface area contributed by atoms with E-state index in [1.54, 1.807) is 17.4 Å². The van der Waals surface area contributed by atoms with Crippen molar-refractivity contribution in [2.24, 2.45) is 0 Å². The second-order valence-electron chi connectivity index (χ2n) is 4.40. The quantitative estimate of drug-likeness (QED) is 0.734. The number of rotatable bonds is 7. The van der Waals surface area contributed by atoms with Crippen molar-refractivity contribution < 1.29 is 14.9 Å². The van der Waals surface area contributed by atoms with Crippen molar-refractivity contribution in [2.75, 3.05) is 13.2 Å². The van der Waals surface area contributed by atoms with Crippen LogP contribution in [0, 0.1) is 0 Å². The van der Waals surface area contributed by atoms with Crippen LogP contribution in [0.2, 0.25) is 0 Å². The first-order chi connectivity index (χ1) is 9.72. The number of ether oxygens (including phenoxy) is 1. The Bertz CT molecular complexity index is 528. The average Bonchev–Trinajstić information content (AvgIpc) is 2.97. The fraction of sp³-hybridized carbons (Fsp3) is 0.333. The van der Waals surface area contributed by atoms with Gasteiger partial charge in [-0.05, 0) is 35.4 Å². The standard InChI is InChI=1S/C15H19NO3S/c1-2-19-14-5-3-4-11(15(14)18)8-16-9-13(17)12-6-7-20-10-12/h3-7,10,13,16-18H,2,8-9H2,1H3. The summed E-state index contributed by atoms with van der Waals surface area (Å²) in [6.07, 6.45) is -0.529. The average molecular weight is 293 g/mol. The molecule has 0 aliphatic heterocycles. The molecule has 2 rings (SSSR count). The van der Waals surface area contributed by atoms with Gasteiger partial charge in [0.05, 0.1) is 12.7 Å². The maximum Gasteiger partial charge on any atom is 0.162 e. The number of hydrogen-bond donors (Lipinski definition) is 3. The minimum absolute atomic E-state index is 0.159. The highest BCUT2D eigenvalue weighted by molar-refractivity contribution is 7.07. The van der Waals surface area contributed by atoms with Crippen molar-refractivity contribution in [3.8, 4) is 11.5 Å². The molecule has 1 unspecified atom stereocenters. The molecule has 0 spiro atoms. The Morgan fingerprint density at radius 1 is 1.35 bits per heavy atom. The molecule has 1 heterocycles. The van der Waals surface area contributed by atoms with Gasteiger partial charge in [-0.3, -0.25) is 0 Å². The molecule has 1 aromatic carbocycles. The van der Waals surface area contributed by atoms with Crippen molar-refractivity contribution in [1.29, 1.82) is 0 Å². The van der Waals surface area contributed by atoms with Gasteiger partial charge >= 0.3 is 0 Å². The third-order valence-electron chi connectivity index (χ3n) is 2.96. The lowest BCUT2D eigenvalue weighted by molar-refractivity contribution is 0.174. The third kappa shape index (κ3) is 3.72. The molecule has 0 fully saturated rings. The number of para-hydroxylation sites is 1. The second kappa shape index (κ2) is 7.28. The largest absolute Gasteiger partial charge is 0.504 e. The lowest BCUT2D eigenvalue weighted by Crippen LogP contribution is -2.20. The van der Waals surface area contributed by atoms with Gasteiger partial charge in [0, 0.05) is 18.7 Å². The van der Waals surface area contributed by atoms with E-state index in [1.165, 1.54) is 0 Å². The molecule has 0 bridgehead atoms. The predicted molar refractivity (Wildman–Crippen MR) is 80.3 cm³/mol. The molecule has 5 heteroatoms. The number of benzene rings is 1. The van der Waals surface area contributed by atoms with Gasteiger partial charge in [-0.1, -0.05) is 12.1 Å². The summed E-state index contributed by atoms with van der Waals surface area (Å²) in [6, 6.07) is 7.32. The maximum absolute atomic E-state index is 10.0. The molecule has 3 N–H and O–H groups in total. The van der Waals surface area contributed by atoms with Crippen molar-refractivity contribution >= 4 is 11.3 Å². The summed E-state index contributed by atoms with van der Waals surface area (Å²) in [4.78, 5) is 0. The third-order valence-corrected chi connectivity index (χ3v) is 3.66. The lowest BCUT2D eigenvalue weighted by Gasteiger charge is -2.13. The first kappa shape index (κ1) is 14.8. The van der Waals surface area contributed by atoms with E-state index in [1.807, 2.05) is 35.9 Å². The maximum atomic E-state index is 10.0. The molecule has 1 atom stereocenters. The van der Waals surface area contributed by atoms with Gasteiger partial charge in [0.2, 0.25) is 0 Å². The molecule has 0 amide bonds. The number of nitrogens with one attached hydrogen (secondary N) is 1. The van der Waals surface area contributed by atoms with Crippen LogP contribution in [0.4, 0.5) is 0 Å². The molecular weight excluding hydrogens is 274 g/mol. The molecule has 4 nitrogen and oxygen atoms in total. The van der Waals surface area contributed by atoms with Crippen LogP contribution in [-0.4, -0.2) is 23.4 Å². The Kier molecular flexibility index (Phi) is 5.40. The van der Waals surface area contributed by atoms with E-state index in [-0.39, 0.29) is 5.75 Å². The van der Waals surface area contributed by atoms with Crippen LogP contribution in [0.1, 0.15) is 24.2 Å². The summed E-state index contributed by atoms with van der Waals surface area (Å²) in [6.45, 7) is 3.31. The zero-order valence-corrected chi connectivity index (χ0v) is 12.2. The van der Waals surface area contributed by atoms with E-state index in [9.17, 15) is 10.2 Å². The minimum atomic E-state index is -0.529. The number of aromatic hydroxyl groups is 1. The van der Waals surface area contributed by atoms with Crippen LogP contribution in [0.5, 0.6) is 11.5 Å². The van der Waals surface area contributed by atoms with E-state index in [4.69, 9.17) is 4.74 Å². The first-order valence-electron chi connectivity index (χ1n) is 6.57. The van der Waals surface area contributed by atoms with Crippen LogP contribution >= 0.6 is 11.3 Å².